The molecule has 0 spiro atoms. The van der Waals surface area contributed by atoms with Crippen molar-refractivity contribution in [1.29, 1.82) is 0 Å². The molecule has 7 heteroatoms. The number of methoxy groups -OCH3 is 1. The molecular formula is C14H18ClN3O3. The highest BCUT2D eigenvalue weighted by molar-refractivity contribution is 5.96. The molecule has 1 atom stereocenters. The van der Waals surface area contributed by atoms with E-state index < -0.39 is 6.04 Å². The number of hydrogen-bond acceptors (Lipinski definition) is 5. The molecule has 1 aliphatic carbocycles. The van der Waals surface area contributed by atoms with Crippen LogP contribution in [0.25, 0.3) is 11.1 Å². The molecule has 6 nitrogen and oxygen atoms in total. The molecule has 1 aromatic heterocycles. The highest BCUT2D eigenvalue weighted by Gasteiger charge is 2.28. The van der Waals surface area contributed by atoms with Gasteiger partial charge in [0.2, 0.25) is 5.91 Å². The quantitative estimate of drug-likeness (QED) is 0.882. The second kappa shape index (κ2) is 6.43. The Balaban J connectivity index is 0.00000161. The molecule has 1 heterocycles. The molecule has 3 N–H and O–H groups in total. The zero-order valence-corrected chi connectivity index (χ0v) is 12.5. The number of ether oxygens (including phenoxy) is 1. The predicted octanol–water partition coefficient (Wildman–Crippen LogP) is 2.04. The number of nitrogens with zero attached hydrogens (tertiary/aromatic N) is 1. The first-order valence-corrected chi connectivity index (χ1v) is 6.63. The van der Waals surface area contributed by atoms with E-state index in [0.717, 1.165) is 29.8 Å². The van der Waals surface area contributed by atoms with E-state index in [1.807, 2.05) is 6.07 Å². The number of aromatic nitrogens is 1. The number of hydrogen-bond donors (Lipinski definition) is 2. The third-order valence-electron chi connectivity index (χ3n) is 3.28. The average Bonchev–Trinajstić information content (AvgIpc) is 3.19. The molecule has 1 unspecified atom stereocenters. The fraction of sp³-hybridized carbons (Fsp3) is 0.429. The lowest BCUT2D eigenvalue weighted by atomic mass is 10.2. The van der Waals surface area contributed by atoms with Crippen molar-refractivity contribution in [1.82, 2.24) is 4.98 Å². The minimum atomic E-state index is -0.685. The summed E-state index contributed by atoms with van der Waals surface area (Å²) in [7, 11) is 1.51. The van der Waals surface area contributed by atoms with Gasteiger partial charge in [0.15, 0.2) is 11.5 Å². The van der Waals surface area contributed by atoms with E-state index in [0.29, 0.717) is 11.6 Å². The van der Waals surface area contributed by atoms with Gasteiger partial charge in [-0.2, -0.15) is 0 Å². The molecule has 0 aliphatic heterocycles. The number of fused-ring (bicyclic) bond motifs is 1. The van der Waals surface area contributed by atoms with Gasteiger partial charge in [0.1, 0.15) is 11.6 Å². The van der Waals surface area contributed by atoms with Gasteiger partial charge in [-0.25, -0.2) is 4.98 Å². The smallest absolute Gasteiger partial charge is 0.243 e. The molecular weight excluding hydrogens is 294 g/mol. The van der Waals surface area contributed by atoms with Crippen molar-refractivity contribution in [3.63, 3.8) is 0 Å². The van der Waals surface area contributed by atoms with Crippen LogP contribution in [0.1, 0.15) is 24.7 Å². The van der Waals surface area contributed by atoms with Crippen LogP contribution in [0.5, 0.6) is 0 Å². The number of benzene rings is 1. The molecule has 1 amide bonds. The lowest BCUT2D eigenvalue weighted by molar-refractivity contribution is -0.118. The average molecular weight is 312 g/mol. The number of rotatable bonds is 5. The van der Waals surface area contributed by atoms with Crippen LogP contribution >= 0.6 is 12.4 Å². The SMILES string of the molecule is COCC(N)C(=O)Nc1ccc2oc(C3CC3)nc2c1.Cl. The minimum Gasteiger partial charge on any atom is -0.440 e. The van der Waals surface area contributed by atoms with Crippen LogP contribution in [-0.2, 0) is 9.53 Å². The van der Waals surface area contributed by atoms with Crippen LogP contribution in [0.2, 0.25) is 0 Å². The number of anilines is 1. The van der Waals surface area contributed by atoms with E-state index in [2.05, 4.69) is 10.3 Å². The number of carbonyl (C=O) groups is 1. The highest BCUT2D eigenvalue weighted by Crippen LogP contribution is 2.40. The van der Waals surface area contributed by atoms with Crippen LogP contribution in [-0.4, -0.2) is 30.6 Å². The molecule has 3 rings (SSSR count). The van der Waals surface area contributed by atoms with Gasteiger partial charge in [0, 0.05) is 18.7 Å². The maximum absolute atomic E-state index is 11.8. The highest BCUT2D eigenvalue weighted by atomic mass is 35.5. The summed E-state index contributed by atoms with van der Waals surface area (Å²) in [6.07, 6.45) is 2.28. The third-order valence-corrected chi connectivity index (χ3v) is 3.28. The Bertz CT molecular complexity index is 639. The van der Waals surface area contributed by atoms with Crippen molar-refractivity contribution in [3.8, 4) is 0 Å². The zero-order chi connectivity index (χ0) is 14.1. The van der Waals surface area contributed by atoms with Gasteiger partial charge in [-0.05, 0) is 31.0 Å². The van der Waals surface area contributed by atoms with Crippen LogP contribution in [0.15, 0.2) is 22.6 Å². The van der Waals surface area contributed by atoms with Crippen molar-refractivity contribution >= 4 is 35.1 Å². The molecule has 1 saturated carbocycles. The number of nitrogens with two attached hydrogens (primary N) is 1. The summed E-state index contributed by atoms with van der Waals surface area (Å²) in [5.74, 6) is 0.979. The molecule has 0 bridgehead atoms. The van der Waals surface area contributed by atoms with E-state index >= 15 is 0 Å². The fourth-order valence-electron chi connectivity index (χ4n) is 2.02. The Hall–Kier alpha value is -1.63. The van der Waals surface area contributed by atoms with Gasteiger partial charge in [-0.15, -0.1) is 12.4 Å². The number of carbonyl (C=O) groups excluding carboxylic acids is 1. The summed E-state index contributed by atoms with van der Waals surface area (Å²) in [5.41, 5.74) is 7.82. The van der Waals surface area contributed by atoms with Crippen LogP contribution in [0.3, 0.4) is 0 Å². The monoisotopic (exact) mass is 311 g/mol. The first-order valence-electron chi connectivity index (χ1n) is 6.63. The summed E-state index contributed by atoms with van der Waals surface area (Å²) < 4.78 is 10.5. The van der Waals surface area contributed by atoms with Gasteiger partial charge in [0.25, 0.3) is 0 Å². The normalized spacial score (nSPS) is 15.5. The van der Waals surface area contributed by atoms with Gasteiger partial charge < -0.3 is 20.2 Å². The number of amides is 1. The molecule has 0 radical (unpaired) electrons. The van der Waals surface area contributed by atoms with Crippen molar-refractivity contribution in [3.05, 3.63) is 24.1 Å². The molecule has 1 aliphatic rings. The van der Waals surface area contributed by atoms with Crippen molar-refractivity contribution < 1.29 is 13.9 Å². The Labute approximate surface area is 128 Å². The first-order chi connectivity index (χ1) is 9.67. The Morgan fingerprint density at radius 2 is 2.33 bits per heavy atom. The standard InChI is InChI=1S/C14H17N3O3.ClH/c1-19-7-10(15)13(18)16-9-4-5-12-11(6-9)17-14(20-12)8-2-3-8;/h4-6,8,10H,2-3,7,15H2,1H3,(H,16,18);1H. The second-order valence-corrected chi connectivity index (χ2v) is 5.06. The summed E-state index contributed by atoms with van der Waals surface area (Å²) in [6, 6.07) is 4.70. The van der Waals surface area contributed by atoms with E-state index in [1.165, 1.54) is 7.11 Å². The van der Waals surface area contributed by atoms with Gasteiger partial charge in [-0.1, -0.05) is 0 Å². The molecule has 1 fully saturated rings. The summed E-state index contributed by atoms with van der Waals surface area (Å²) in [6.45, 7) is 0.184. The van der Waals surface area contributed by atoms with Crippen molar-refractivity contribution in [2.24, 2.45) is 5.73 Å². The number of oxazole rings is 1. The number of halogens is 1. The molecule has 2 aromatic rings. The molecule has 0 saturated heterocycles. The molecule has 21 heavy (non-hydrogen) atoms. The maximum atomic E-state index is 11.8. The first kappa shape index (κ1) is 15.8. The lowest BCUT2D eigenvalue weighted by Crippen LogP contribution is -2.39. The minimum absolute atomic E-state index is 0. The van der Waals surface area contributed by atoms with Crippen molar-refractivity contribution in [2.75, 3.05) is 19.0 Å². The van der Waals surface area contributed by atoms with Crippen LogP contribution in [0, 0.1) is 0 Å². The summed E-state index contributed by atoms with van der Waals surface area (Å²) in [4.78, 5) is 16.3. The summed E-state index contributed by atoms with van der Waals surface area (Å²) in [5, 5.41) is 2.75. The van der Waals surface area contributed by atoms with Crippen LogP contribution < -0.4 is 11.1 Å². The van der Waals surface area contributed by atoms with Gasteiger partial charge >= 0.3 is 0 Å². The topological polar surface area (TPSA) is 90.4 Å². The Kier molecular flexibility index (Phi) is 4.82. The molecule has 114 valence electrons. The summed E-state index contributed by atoms with van der Waals surface area (Å²) >= 11 is 0. The van der Waals surface area contributed by atoms with Gasteiger partial charge in [0.05, 0.1) is 6.61 Å². The van der Waals surface area contributed by atoms with E-state index in [9.17, 15) is 4.79 Å². The van der Waals surface area contributed by atoms with E-state index in [-0.39, 0.29) is 24.9 Å². The number of nitrogens with one attached hydrogen (secondary N) is 1. The fourth-order valence-corrected chi connectivity index (χ4v) is 2.02. The third kappa shape index (κ3) is 3.53. The zero-order valence-electron chi connectivity index (χ0n) is 11.7. The van der Waals surface area contributed by atoms with E-state index in [4.69, 9.17) is 14.9 Å². The van der Waals surface area contributed by atoms with Gasteiger partial charge in [-0.3, -0.25) is 4.79 Å². The lowest BCUT2D eigenvalue weighted by Gasteiger charge is -2.10. The second-order valence-electron chi connectivity index (χ2n) is 5.06. The predicted molar refractivity (Wildman–Crippen MR) is 81.7 cm³/mol. The molecule has 1 aromatic carbocycles. The van der Waals surface area contributed by atoms with Crippen LogP contribution in [0.4, 0.5) is 5.69 Å². The largest absolute Gasteiger partial charge is 0.440 e. The Morgan fingerprint density at radius 3 is 3.00 bits per heavy atom. The maximum Gasteiger partial charge on any atom is 0.243 e. The Morgan fingerprint density at radius 1 is 1.57 bits per heavy atom. The van der Waals surface area contributed by atoms with Crippen molar-refractivity contribution in [2.45, 2.75) is 24.8 Å². The van der Waals surface area contributed by atoms with E-state index in [1.54, 1.807) is 12.1 Å².